The van der Waals surface area contributed by atoms with E-state index in [4.69, 9.17) is 32.7 Å². The van der Waals surface area contributed by atoms with Gasteiger partial charge >= 0.3 is 0 Å². The van der Waals surface area contributed by atoms with Crippen molar-refractivity contribution in [3.63, 3.8) is 0 Å². The molecular weight excluding hydrogens is 341 g/mol. The molecule has 1 atom stereocenters. The van der Waals surface area contributed by atoms with Crippen LogP contribution in [-0.4, -0.2) is 54.6 Å². The van der Waals surface area contributed by atoms with Crippen LogP contribution in [0.25, 0.3) is 0 Å². The normalized spacial score (nSPS) is 22.7. The Morgan fingerprint density at radius 2 is 1.96 bits per heavy atom. The highest BCUT2D eigenvalue weighted by molar-refractivity contribution is 6.37. The number of methoxy groups -OCH3 is 2. The van der Waals surface area contributed by atoms with E-state index in [0.717, 1.165) is 18.5 Å². The van der Waals surface area contributed by atoms with Crippen LogP contribution in [0.4, 0.5) is 0 Å². The van der Waals surface area contributed by atoms with Crippen LogP contribution in [0.3, 0.4) is 0 Å². The van der Waals surface area contributed by atoms with Crippen LogP contribution < -0.4 is 9.47 Å². The quantitative estimate of drug-likeness (QED) is 0.841. The minimum atomic E-state index is -0.986. The fourth-order valence-electron chi connectivity index (χ4n) is 2.88. The van der Waals surface area contributed by atoms with Crippen LogP contribution in [0, 0.1) is 0 Å². The maximum atomic E-state index is 10.2. The van der Waals surface area contributed by atoms with Crippen molar-refractivity contribution in [3.8, 4) is 11.5 Å². The molecule has 0 saturated carbocycles. The number of ether oxygens (including phenoxy) is 2. The number of aliphatic hydroxyl groups excluding tert-OH is 1. The van der Waals surface area contributed by atoms with Gasteiger partial charge in [0, 0.05) is 24.7 Å². The van der Waals surface area contributed by atoms with E-state index in [1.165, 1.54) is 14.2 Å². The lowest BCUT2D eigenvalue weighted by molar-refractivity contribution is -0.0255. The maximum Gasteiger partial charge on any atom is 0.179 e. The van der Waals surface area contributed by atoms with Gasteiger partial charge in [0.1, 0.15) is 0 Å². The molecule has 0 radical (unpaired) electrons. The molecule has 1 fully saturated rings. The monoisotopic (exact) mass is 363 g/mol. The van der Waals surface area contributed by atoms with Crippen molar-refractivity contribution >= 4 is 23.2 Å². The van der Waals surface area contributed by atoms with Crippen LogP contribution in [-0.2, 0) is 6.54 Å². The molecule has 130 valence electrons. The predicted octanol–water partition coefficient (Wildman–Crippen LogP) is 2.72. The number of aliphatic hydroxyl groups is 2. The predicted molar refractivity (Wildman–Crippen MR) is 90.7 cm³/mol. The molecule has 23 heavy (non-hydrogen) atoms. The molecule has 7 heteroatoms. The standard InChI is InChI=1S/C16H23Cl2NO4/c1-22-13-8-12(17)11(14(18)15(13)23-2)9-19-6-3-4-16(21,10-20)5-7-19/h8,20-21H,3-7,9-10H2,1-2H3/t16-/m0/s1. The first-order chi connectivity index (χ1) is 10.9. The molecule has 1 aliphatic rings. The molecule has 0 aromatic heterocycles. The fourth-order valence-corrected chi connectivity index (χ4v) is 3.51. The zero-order chi connectivity index (χ0) is 17.0. The second kappa shape index (κ2) is 7.90. The molecule has 1 aromatic rings. The van der Waals surface area contributed by atoms with Gasteiger partial charge in [0.05, 0.1) is 36.5 Å². The summed E-state index contributed by atoms with van der Waals surface area (Å²) in [6.07, 6.45) is 1.92. The van der Waals surface area contributed by atoms with Gasteiger partial charge in [-0.15, -0.1) is 0 Å². The van der Waals surface area contributed by atoms with Gasteiger partial charge in [0.15, 0.2) is 11.5 Å². The van der Waals surface area contributed by atoms with Crippen LogP contribution in [0.1, 0.15) is 24.8 Å². The van der Waals surface area contributed by atoms with Crippen molar-refractivity contribution in [2.45, 2.75) is 31.4 Å². The Bertz CT molecular complexity index is 555. The SMILES string of the molecule is COc1cc(Cl)c(CN2CCC[C@@](O)(CO)CC2)c(Cl)c1OC. The van der Waals surface area contributed by atoms with Gasteiger partial charge in [-0.3, -0.25) is 4.90 Å². The summed E-state index contributed by atoms with van der Waals surface area (Å²) in [4.78, 5) is 2.17. The first kappa shape index (κ1) is 18.6. The first-order valence-corrected chi connectivity index (χ1v) is 8.34. The number of halogens is 2. The molecule has 0 amide bonds. The van der Waals surface area contributed by atoms with Gasteiger partial charge in [0.2, 0.25) is 0 Å². The summed E-state index contributed by atoms with van der Waals surface area (Å²) < 4.78 is 10.6. The number of benzene rings is 1. The van der Waals surface area contributed by atoms with Crippen molar-refractivity contribution in [2.75, 3.05) is 33.9 Å². The highest BCUT2D eigenvalue weighted by Gasteiger charge is 2.30. The summed E-state index contributed by atoms with van der Waals surface area (Å²) in [7, 11) is 3.07. The summed E-state index contributed by atoms with van der Waals surface area (Å²) in [5, 5.41) is 20.5. The van der Waals surface area contributed by atoms with Gasteiger partial charge in [-0.25, -0.2) is 0 Å². The summed E-state index contributed by atoms with van der Waals surface area (Å²) in [6.45, 7) is 1.82. The van der Waals surface area contributed by atoms with E-state index in [1.54, 1.807) is 6.07 Å². The van der Waals surface area contributed by atoms with E-state index < -0.39 is 5.60 Å². The Morgan fingerprint density at radius 3 is 2.57 bits per heavy atom. The zero-order valence-corrected chi connectivity index (χ0v) is 15.0. The highest BCUT2D eigenvalue weighted by Crippen LogP contribution is 2.42. The fraction of sp³-hybridized carbons (Fsp3) is 0.625. The third-order valence-electron chi connectivity index (χ3n) is 4.34. The number of rotatable bonds is 5. The van der Waals surface area contributed by atoms with E-state index in [-0.39, 0.29) is 6.61 Å². The summed E-state index contributed by atoms with van der Waals surface area (Å²) in [5.74, 6) is 0.965. The summed E-state index contributed by atoms with van der Waals surface area (Å²) in [5.41, 5.74) is -0.208. The van der Waals surface area contributed by atoms with Crippen molar-refractivity contribution in [1.82, 2.24) is 4.90 Å². The van der Waals surface area contributed by atoms with Crippen LogP contribution in [0.2, 0.25) is 10.0 Å². The molecule has 1 aliphatic heterocycles. The lowest BCUT2D eigenvalue weighted by Crippen LogP contribution is -2.34. The number of likely N-dealkylation sites (tertiary alicyclic amines) is 1. The molecule has 0 aliphatic carbocycles. The molecule has 5 nitrogen and oxygen atoms in total. The second-order valence-corrected chi connectivity index (χ2v) is 6.68. The van der Waals surface area contributed by atoms with Crippen LogP contribution in [0.15, 0.2) is 6.07 Å². The Hall–Kier alpha value is -0.720. The average Bonchev–Trinajstić information content (AvgIpc) is 2.73. The molecule has 2 N–H and O–H groups in total. The number of nitrogens with zero attached hydrogens (tertiary/aromatic N) is 1. The molecule has 1 aromatic carbocycles. The third-order valence-corrected chi connectivity index (χ3v) is 5.08. The minimum Gasteiger partial charge on any atom is -0.493 e. The molecule has 1 saturated heterocycles. The van der Waals surface area contributed by atoms with E-state index in [9.17, 15) is 10.2 Å². The van der Waals surface area contributed by atoms with Gasteiger partial charge in [-0.2, -0.15) is 0 Å². The topological polar surface area (TPSA) is 62.2 Å². The maximum absolute atomic E-state index is 10.2. The summed E-state index contributed by atoms with van der Waals surface area (Å²) in [6, 6.07) is 1.70. The Labute approximate surface area is 146 Å². The smallest absolute Gasteiger partial charge is 0.179 e. The van der Waals surface area contributed by atoms with E-state index in [2.05, 4.69) is 4.90 Å². The Morgan fingerprint density at radius 1 is 1.22 bits per heavy atom. The van der Waals surface area contributed by atoms with Crippen LogP contribution in [0.5, 0.6) is 11.5 Å². The van der Waals surface area contributed by atoms with E-state index >= 15 is 0 Å². The van der Waals surface area contributed by atoms with Crippen molar-refractivity contribution in [1.29, 1.82) is 0 Å². The number of hydrogen-bond donors (Lipinski definition) is 2. The molecule has 0 unspecified atom stereocenters. The first-order valence-electron chi connectivity index (χ1n) is 7.58. The summed E-state index contributed by atoms with van der Waals surface area (Å²) >= 11 is 12.8. The molecule has 1 heterocycles. The van der Waals surface area contributed by atoms with Crippen molar-refractivity contribution in [2.24, 2.45) is 0 Å². The van der Waals surface area contributed by atoms with Crippen LogP contribution >= 0.6 is 23.2 Å². The second-order valence-electron chi connectivity index (χ2n) is 5.90. The van der Waals surface area contributed by atoms with E-state index in [1.807, 2.05) is 0 Å². The number of hydrogen-bond acceptors (Lipinski definition) is 5. The zero-order valence-electron chi connectivity index (χ0n) is 13.4. The average molecular weight is 364 g/mol. The minimum absolute atomic E-state index is 0.210. The molecule has 0 spiro atoms. The Kier molecular flexibility index (Phi) is 6.40. The van der Waals surface area contributed by atoms with Gasteiger partial charge in [-0.05, 0) is 25.8 Å². The molecule has 0 bridgehead atoms. The molecular formula is C16H23Cl2NO4. The third kappa shape index (κ3) is 4.22. The van der Waals surface area contributed by atoms with Gasteiger partial charge in [-0.1, -0.05) is 23.2 Å². The van der Waals surface area contributed by atoms with Gasteiger partial charge < -0.3 is 19.7 Å². The van der Waals surface area contributed by atoms with Crippen molar-refractivity contribution in [3.05, 3.63) is 21.7 Å². The highest BCUT2D eigenvalue weighted by atomic mass is 35.5. The lowest BCUT2D eigenvalue weighted by Gasteiger charge is -2.25. The van der Waals surface area contributed by atoms with Gasteiger partial charge in [0.25, 0.3) is 0 Å². The largest absolute Gasteiger partial charge is 0.493 e. The lowest BCUT2D eigenvalue weighted by atomic mass is 9.96. The van der Waals surface area contributed by atoms with Crippen molar-refractivity contribution < 1.29 is 19.7 Å². The van der Waals surface area contributed by atoms with E-state index in [0.29, 0.717) is 47.5 Å². The molecule has 2 rings (SSSR count). The Balaban J connectivity index is 2.20.